The molecule has 1 saturated carbocycles. The molecule has 2 saturated heterocycles. The van der Waals surface area contributed by atoms with Crippen LogP contribution in [0.15, 0.2) is 24.3 Å². The minimum atomic E-state index is -0.733. The number of fused-ring (bicyclic) bond motifs is 3. The van der Waals surface area contributed by atoms with Crippen LogP contribution in [0.1, 0.15) is 56.7 Å². The fraction of sp³-hybridized carbons (Fsp3) is 0.652. The summed E-state index contributed by atoms with van der Waals surface area (Å²) < 4.78 is 5.99. The van der Waals surface area contributed by atoms with Crippen molar-refractivity contribution in [1.29, 1.82) is 0 Å². The maximum Gasteiger partial charge on any atom is 0.242 e. The molecular formula is C23H30N2O5. The topological polar surface area (TPSA) is 68.3 Å². The predicted molar refractivity (Wildman–Crippen MR) is 108 cm³/mol. The first-order valence-electron chi connectivity index (χ1n) is 11.0. The van der Waals surface area contributed by atoms with Crippen LogP contribution >= 0.6 is 0 Å². The third kappa shape index (κ3) is 3.53. The van der Waals surface area contributed by atoms with Gasteiger partial charge in [0.1, 0.15) is 5.60 Å². The van der Waals surface area contributed by atoms with Crippen molar-refractivity contribution >= 4 is 11.8 Å². The third-order valence-electron chi connectivity index (χ3n) is 6.96. The molecule has 0 bridgehead atoms. The Kier molecular flexibility index (Phi) is 4.87. The number of carbonyl (C=O) groups is 2. The summed E-state index contributed by atoms with van der Waals surface area (Å²) in [7, 11) is 0. The Morgan fingerprint density at radius 1 is 1.13 bits per heavy atom. The highest BCUT2D eigenvalue weighted by atomic mass is 17.2. The lowest BCUT2D eigenvalue weighted by atomic mass is 9.83. The average molecular weight is 415 g/mol. The number of ether oxygens (including phenoxy) is 1. The van der Waals surface area contributed by atoms with Gasteiger partial charge in [-0.1, -0.05) is 24.3 Å². The predicted octanol–water partition coefficient (Wildman–Crippen LogP) is 2.60. The molecule has 3 fully saturated rings. The van der Waals surface area contributed by atoms with Crippen molar-refractivity contribution in [2.45, 2.75) is 63.4 Å². The summed E-state index contributed by atoms with van der Waals surface area (Å²) in [4.78, 5) is 41.0. The summed E-state index contributed by atoms with van der Waals surface area (Å²) >= 11 is 0. The summed E-state index contributed by atoms with van der Waals surface area (Å²) in [6.07, 6.45) is 3.49. The zero-order chi connectivity index (χ0) is 20.9. The zero-order valence-corrected chi connectivity index (χ0v) is 17.8. The van der Waals surface area contributed by atoms with Crippen LogP contribution in [-0.4, -0.2) is 59.2 Å². The lowest BCUT2D eigenvalue weighted by Gasteiger charge is -2.47. The number of piperazine rings is 1. The van der Waals surface area contributed by atoms with Crippen molar-refractivity contribution in [1.82, 2.24) is 9.80 Å². The molecule has 2 amide bonds. The van der Waals surface area contributed by atoms with E-state index in [2.05, 4.69) is 12.1 Å². The van der Waals surface area contributed by atoms with E-state index in [-0.39, 0.29) is 30.3 Å². The Hall–Kier alpha value is -1.96. The Labute approximate surface area is 177 Å². The van der Waals surface area contributed by atoms with Crippen LogP contribution in [0.3, 0.4) is 0 Å². The molecule has 0 aromatic heterocycles. The van der Waals surface area contributed by atoms with E-state index >= 15 is 0 Å². The minimum absolute atomic E-state index is 0.0317. The second-order valence-corrected chi connectivity index (χ2v) is 9.67. The van der Waals surface area contributed by atoms with Crippen LogP contribution in [0.5, 0.6) is 0 Å². The SMILES string of the molecule is CC1(C)COC2(CCC(C(=O)N3CC(=O)N4CCc5ccccc5C4C3)CC2)OO1. The fourth-order valence-corrected chi connectivity index (χ4v) is 5.17. The summed E-state index contributed by atoms with van der Waals surface area (Å²) in [5.74, 6) is -0.701. The molecule has 162 valence electrons. The van der Waals surface area contributed by atoms with Gasteiger partial charge in [-0.25, -0.2) is 9.78 Å². The molecule has 3 heterocycles. The first-order valence-corrected chi connectivity index (χ1v) is 11.0. The van der Waals surface area contributed by atoms with Crippen molar-refractivity contribution in [3.05, 3.63) is 35.4 Å². The standard InChI is InChI=1S/C23H30N2O5/c1-22(2)15-28-23(30-29-22)10-7-17(8-11-23)21(27)24-13-19-18-6-4-3-5-16(18)9-12-25(19)20(26)14-24/h3-6,17,19H,7-15H2,1-2H3. The monoisotopic (exact) mass is 414 g/mol. The molecule has 1 aromatic rings. The molecule has 1 aromatic carbocycles. The number of nitrogens with zero attached hydrogens (tertiary/aromatic N) is 2. The van der Waals surface area contributed by atoms with E-state index in [1.54, 1.807) is 4.90 Å². The Morgan fingerprint density at radius 3 is 2.63 bits per heavy atom. The normalized spacial score (nSPS) is 33.2. The lowest BCUT2D eigenvalue weighted by Crippen LogP contribution is -2.57. The summed E-state index contributed by atoms with van der Waals surface area (Å²) in [6.45, 7) is 5.82. The van der Waals surface area contributed by atoms with Gasteiger partial charge < -0.3 is 14.5 Å². The average Bonchev–Trinajstić information content (AvgIpc) is 2.76. The second kappa shape index (κ2) is 7.32. The van der Waals surface area contributed by atoms with Crippen LogP contribution in [0.4, 0.5) is 0 Å². The Bertz CT molecular complexity index is 834. The molecule has 3 aliphatic heterocycles. The highest BCUT2D eigenvalue weighted by molar-refractivity contribution is 5.87. The smallest absolute Gasteiger partial charge is 0.242 e. The zero-order valence-electron chi connectivity index (χ0n) is 17.8. The van der Waals surface area contributed by atoms with Crippen LogP contribution in [0, 0.1) is 5.92 Å². The van der Waals surface area contributed by atoms with Crippen molar-refractivity contribution in [2.75, 3.05) is 26.2 Å². The first-order chi connectivity index (χ1) is 14.4. The third-order valence-corrected chi connectivity index (χ3v) is 6.96. The van der Waals surface area contributed by atoms with Crippen LogP contribution in [0.25, 0.3) is 0 Å². The van der Waals surface area contributed by atoms with Crippen LogP contribution in [-0.2, 0) is 30.5 Å². The highest BCUT2D eigenvalue weighted by Gasteiger charge is 2.47. The van der Waals surface area contributed by atoms with Gasteiger partial charge in [0.15, 0.2) is 0 Å². The molecule has 0 N–H and O–H groups in total. The number of benzene rings is 1. The van der Waals surface area contributed by atoms with Crippen LogP contribution in [0.2, 0.25) is 0 Å². The van der Waals surface area contributed by atoms with E-state index in [0.29, 0.717) is 38.8 Å². The molecule has 1 aliphatic carbocycles. The maximum absolute atomic E-state index is 13.3. The van der Waals surface area contributed by atoms with Crippen molar-refractivity contribution in [3.63, 3.8) is 0 Å². The van der Waals surface area contributed by atoms with Gasteiger partial charge in [0.05, 0.1) is 19.2 Å². The highest BCUT2D eigenvalue weighted by Crippen LogP contribution is 2.41. The molecule has 4 aliphatic rings. The second-order valence-electron chi connectivity index (χ2n) is 9.67. The van der Waals surface area contributed by atoms with E-state index in [9.17, 15) is 9.59 Å². The van der Waals surface area contributed by atoms with Gasteiger partial charge in [0, 0.05) is 31.8 Å². The van der Waals surface area contributed by atoms with E-state index in [4.69, 9.17) is 14.5 Å². The number of rotatable bonds is 1. The van der Waals surface area contributed by atoms with E-state index < -0.39 is 11.4 Å². The molecular weight excluding hydrogens is 384 g/mol. The van der Waals surface area contributed by atoms with Crippen molar-refractivity contribution in [2.24, 2.45) is 5.92 Å². The van der Waals surface area contributed by atoms with E-state index in [1.165, 1.54) is 11.1 Å². The van der Waals surface area contributed by atoms with E-state index in [1.807, 2.05) is 30.9 Å². The van der Waals surface area contributed by atoms with Gasteiger partial charge in [0.2, 0.25) is 17.6 Å². The molecule has 30 heavy (non-hydrogen) atoms. The Balaban J connectivity index is 1.25. The summed E-state index contributed by atoms with van der Waals surface area (Å²) in [6, 6.07) is 8.25. The molecule has 7 nitrogen and oxygen atoms in total. The number of hydrogen-bond acceptors (Lipinski definition) is 5. The number of hydrogen-bond donors (Lipinski definition) is 0. The number of amides is 2. The largest absolute Gasteiger partial charge is 0.344 e. The van der Waals surface area contributed by atoms with Gasteiger partial charge in [-0.3, -0.25) is 9.59 Å². The molecule has 7 heteroatoms. The molecule has 0 radical (unpaired) electrons. The Morgan fingerprint density at radius 2 is 1.90 bits per heavy atom. The minimum Gasteiger partial charge on any atom is -0.344 e. The van der Waals surface area contributed by atoms with Gasteiger partial charge in [0.25, 0.3) is 0 Å². The van der Waals surface area contributed by atoms with Crippen LogP contribution < -0.4 is 0 Å². The summed E-state index contributed by atoms with van der Waals surface area (Å²) in [5.41, 5.74) is 2.02. The molecule has 5 rings (SSSR count). The van der Waals surface area contributed by atoms with Gasteiger partial charge >= 0.3 is 0 Å². The summed E-state index contributed by atoms with van der Waals surface area (Å²) in [5, 5.41) is 0. The van der Waals surface area contributed by atoms with Crippen molar-refractivity contribution < 1.29 is 24.1 Å². The van der Waals surface area contributed by atoms with Gasteiger partial charge in [-0.2, -0.15) is 0 Å². The molecule has 1 unspecified atom stereocenters. The van der Waals surface area contributed by atoms with Gasteiger partial charge in [-0.05, 0) is 44.2 Å². The maximum atomic E-state index is 13.3. The molecule has 1 spiro atoms. The first kappa shape index (κ1) is 20.0. The van der Waals surface area contributed by atoms with Gasteiger partial charge in [-0.15, -0.1) is 0 Å². The number of carbonyl (C=O) groups excluding carboxylic acids is 2. The lowest BCUT2D eigenvalue weighted by molar-refractivity contribution is -0.511. The molecule has 1 atom stereocenters. The van der Waals surface area contributed by atoms with Crippen molar-refractivity contribution in [3.8, 4) is 0 Å². The van der Waals surface area contributed by atoms with E-state index in [0.717, 1.165) is 13.0 Å². The quantitative estimate of drug-likeness (QED) is 0.661. The fourth-order valence-electron chi connectivity index (χ4n) is 5.17.